The van der Waals surface area contributed by atoms with Crippen LogP contribution in [0.1, 0.15) is 31.9 Å². The number of methoxy groups -OCH3 is 1. The highest BCUT2D eigenvalue weighted by atomic mass is 16.6. The van der Waals surface area contributed by atoms with Crippen LogP contribution in [0.2, 0.25) is 0 Å². The molecule has 0 spiro atoms. The summed E-state index contributed by atoms with van der Waals surface area (Å²) in [4.78, 5) is 22.7. The van der Waals surface area contributed by atoms with E-state index in [-0.39, 0.29) is 11.1 Å². The summed E-state index contributed by atoms with van der Waals surface area (Å²) in [6, 6.07) is 11.4. The van der Waals surface area contributed by atoms with E-state index in [0.717, 1.165) is 5.56 Å². The SMILES string of the molecule is COc1ccc(OC(=O)C=Cc2ccccc2[N+](=O)[O-])c(C(C)(C)C)c1. The third kappa shape index (κ3) is 4.69. The Bertz CT molecular complexity index is 850. The van der Waals surface area contributed by atoms with Crippen LogP contribution in [0.25, 0.3) is 6.08 Å². The molecule has 26 heavy (non-hydrogen) atoms. The first-order valence-electron chi connectivity index (χ1n) is 8.04. The van der Waals surface area contributed by atoms with Crippen LogP contribution in [0.15, 0.2) is 48.5 Å². The predicted octanol–water partition coefficient (Wildman–Crippen LogP) is 4.52. The summed E-state index contributed by atoms with van der Waals surface area (Å²) >= 11 is 0. The number of carbonyl (C=O) groups is 1. The van der Waals surface area contributed by atoms with Crippen LogP contribution in [0.4, 0.5) is 5.69 Å². The monoisotopic (exact) mass is 355 g/mol. The largest absolute Gasteiger partial charge is 0.497 e. The quantitative estimate of drug-likeness (QED) is 0.259. The summed E-state index contributed by atoms with van der Waals surface area (Å²) in [6.45, 7) is 6.01. The number of benzene rings is 2. The van der Waals surface area contributed by atoms with Gasteiger partial charge in [-0.05, 0) is 35.8 Å². The number of rotatable bonds is 5. The minimum atomic E-state index is -0.612. The second-order valence-electron chi connectivity index (χ2n) is 6.68. The number of nitrogens with zero attached hydrogens (tertiary/aromatic N) is 1. The normalized spacial score (nSPS) is 11.4. The molecule has 0 fully saturated rings. The Labute approximate surface area is 152 Å². The summed E-state index contributed by atoms with van der Waals surface area (Å²) in [5, 5.41) is 11.0. The summed E-state index contributed by atoms with van der Waals surface area (Å²) < 4.78 is 10.7. The van der Waals surface area contributed by atoms with Crippen molar-refractivity contribution in [3.8, 4) is 11.5 Å². The van der Waals surface area contributed by atoms with E-state index in [2.05, 4.69) is 0 Å². The van der Waals surface area contributed by atoms with Crippen LogP contribution < -0.4 is 9.47 Å². The van der Waals surface area contributed by atoms with Crippen molar-refractivity contribution in [2.45, 2.75) is 26.2 Å². The van der Waals surface area contributed by atoms with Gasteiger partial charge < -0.3 is 9.47 Å². The van der Waals surface area contributed by atoms with Crippen molar-refractivity contribution in [2.75, 3.05) is 7.11 Å². The molecule has 0 N–H and O–H groups in total. The van der Waals surface area contributed by atoms with E-state index >= 15 is 0 Å². The zero-order chi connectivity index (χ0) is 19.3. The van der Waals surface area contributed by atoms with Gasteiger partial charge in [-0.25, -0.2) is 4.79 Å². The molecule has 0 aliphatic rings. The number of ether oxygens (including phenoxy) is 2. The molecule has 6 heteroatoms. The Kier molecular flexibility index (Phi) is 5.77. The summed E-state index contributed by atoms with van der Waals surface area (Å²) in [6.07, 6.45) is 2.56. The zero-order valence-electron chi connectivity index (χ0n) is 15.2. The lowest BCUT2D eigenvalue weighted by Gasteiger charge is -2.22. The number of esters is 1. The number of nitro groups is 1. The maximum atomic E-state index is 12.2. The highest BCUT2D eigenvalue weighted by Gasteiger charge is 2.21. The smallest absolute Gasteiger partial charge is 0.336 e. The van der Waals surface area contributed by atoms with Gasteiger partial charge >= 0.3 is 5.97 Å². The molecular weight excluding hydrogens is 334 g/mol. The van der Waals surface area contributed by atoms with Gasteiger partial charge in [-0.3, -0.25) is 10.1 Å². The second kappa shape index (κ2) is 7.82. The number of hydrogen-bond acceptors (Lipinski definition) is 5. The molecule has 0 saturated heterocycles. The fourth-order valence-corrected chi connectivity index (χ4v) is 2.41. The molecule has 2 rings (SSSR count). The Morgan fingerprint density at radius 1 is 1.15 bits per heavy atom. The average molecular weight is 355 g/mol. The predicted molar refractivity (Wildman–Crippen MR) is 99.5 cm³/mol. The summed E-state index contributed by atoms with van der Waals surface area (Å²) in [5.74, 6) is 0.486. The molecule has 0 amide bonds. The Hall–Kier alpha value is -3.15. The third-order valence-electron chi connectivity index (χ3n) is 3.74. The van der Waals surface area contributed by atoms with Crippen LogP contribution in [-0.2, 0) is 10.2 Å². The van der Waals surface area contributed by atoms with E-state index in [9.17, 15) is 14.9 Å². The number of carbonyl (C=O) groups excluding carboxylic acids is 1. The van der Waals surface area contributed by atoms with E-state index in [1.165, 1.54) is 18.2 Å². The number of nitro benzene ring substituents is 1. The lowest BCUT2D eigenvalue weighted by Crippen LogP contribution is -2.15. The van der Waals surface area contributed by atoms with E-state index in [1.54, 1.807) is 37.4 Å². The van der Waals surface area contributed by atoms with E-state index in [0.29, 0.717) is 17.1 Å². The van der Waals surface area contributed by atoms with Crippen LogP contribution in [0.3, 0.4) is 0 Å². The van der Waals surface area contributed by atoms with Crippen molar-refractivity contribution >= 4 is 17.7 Å². The first kappa shape index (κ1) is 19.2. The van der Waals surface area contributed by atoms with Gasteiger partial charge in [0.05, 0.1) is 17.6 Å². The van der Waals surface area contributed by atoms with Crippen LogP contribution in [0, 0.1) is 10.1 Å². The second-order valence-corrected chi connectivity index (χ2v) is 6.68. The molecule has 0 aromatic heterocycles. The molecule has 0 unspecified atom stereocenters. The first-order chi connectivity index (χ1) is 12.2. The molecule has 2 aromatic rings. The van der Waals surface area contributed by atoms with Gasteiger partial charge in [-0.1, -0.05) is 32.9 Å². The van der Waals surface area contributed by atoms with Gasteiger partial charge in [0.15, 0.2) is 0 Å². The molecule has 0 saturated carbocycles. The Balaban J connectivity index is 2.25. The maximum Gasteiger partial charge on any atom is 0.336 e. The van der Waals surface area contributed by atoms with Crippen molar-refractivity contribution in [3.05, 3.63) is 69.8 Å². The molecule has 0 aliphatic carbocycles. The van der Waals surface area contributed by atoms with Crippen LogP contribution in [-0.4, -0.2) is 18.0 Å². The van der Waals surface area contributed by atoms with Gasteiger partial charge in [0.2, 0.25) is 0 Å². The fourth-order valence-electron chi connectivity index (χ4n) is 2.41. The topological polar surface area (TPSA) is 78.7 Å². The minimum Gasteiger partial charge on any atom is -0.497 e. The first-order valence-corrected chi connectivity index (χ1v) is 8.04. The van der Waals surface area contributed by atoms with Gasteiger partial charge in [0, 0.05) is 17.7 Å². The molecule has 0 bridgehead atoms. The zero-order valence-corrected chi connectivity index (χ0v) is 15.2. The highest BCUT2D eigenvalue weighted by Crippen LogP contribution is 2.34. The average Bonchev–Trinajstić information content (AvgIpc) is 2.59. The van der Waals surface area contributed by atoms with E-state index in [4.69, 9.17) is 9.47 Å². The maximum absolute atomic E-state index is 12.2. The van der Waals surface area contributed by atoms with Crippen LogP contribution in [0.5, 0.6) is 11.5 Å². The van der Waals surface area contributed by atoms with Gasteiger partial charge in [0.25, 0.3) is 5.69 Å². The van der Waals surface area contributed by atoms with Crippen molar-refractivity contribution in [2.24, 2.45) is 0 Å². The van der Waals surface area contributed by atoms with Crippen molar-refractivity contribution in [1.29, 1.82) is 0 Å². The molecule has 136 valence electrons. The lowest BCUT2D eigenvalue weighted by molar-refractivity contribution is -0.385. The van der Waals surface area contributed by atoms with Gasteiger partial charge in [-0.15, -0.1) is 0 Å². The third-order valence-corrected chi connectivity index (χ3v) is 3.74. The molecule has 0 radical (unpaired) electrons. The molecule has 2 aromatic carbocycles. The van der Waals surface area contributed by atoms with Crippen molar-refractivity contribution in [3.63, 3.8) is 0 Å². The molecule has 0 heterocycles. The summed E-state index contributed by atoms with van der Waals surface area (Å²) in [5.41, 5.74) is 0.826. The molecular formula is C20H21NO5. The van der Waals surface area contributed by atoms with Gasteiger partial charge in [-0.2, -0.15) is 0 Å². The van der Waals surface area contributed by atoms with Gasteiger partial charge in [0.1, 0.15) is 11.5 Å². The standard InChI is InChI=1S/C20H21NO5/c1-20(2,3)16-13-15(25-4)10-11-18(16)26-19(22)12-9-14-7-5-6-8-17(14)21(23)24/h5-13H,1-4H3. The number of hydrogen-bond donors (Lipinski definition) is 0. The highest BCUT2D eigenvalue weighted by molar-refractivity contribution is 5.89. The Morgan fingerprint density at radius 2 is 1.85 bits per heavy atom. The molecule has 0 atom stereocenters. The molecule has 0 aliphatic heterocycles. The fraction of sp³-hybridized carbons (Fsp3) is 0.250. The molecule has 6 nitrogen and oxygen atoms in total. The number of para-hydroxylation sites is 1. The minimum absolute atomic E-state index is 0.0728. The van der Waals surface area contributed by atoms with Crippen LogP contribution >= 0.6 is 0 Å². The lowest BCUT2D eigenvalue weighted by atomic mass is 9.86. The summed E-state index contributed by atoms with van der Waals surface area (Å²) in [7, 11) is 1.57. The van der Waals surface area contributed by atoms with Crippen molar-refractivity contribution in [1.82, 2.24) is 0 Å². The Morgan fingerprint density at radius 3 is 2.46 bits per heavy atom. The van der Waals surface area contributed by atoms with Crippen molar-refractivity contribution < 1.29 is 19.2 Å². The van der Waals surface area contributed by atoms with E-state index < -0.39 is 10.9 Å². The van der Waals surface area contributed by atoms with E-state index in [1.807, 2.05) is 26.8 Å².